The van der Waals surface area contributed by atoms with Crippen molar-refractivity contribution in [1.82, 2.24) is 9.78 Å². The Labute approximate surface area is 153 Å². The molecule has 5 nitrogen and oxygen atoms in total. The Balaban J connectivity index is 1.51. The molecule has 0 aliphatic heterocycles. The molecular formula is C19H16F3N3O2. The molecular weight excluding hydrogens is 359 g/mol. The van der Waals surface area contributed by atoms with Crippen LogP contribution in [0.3, 0.4) is 0 Å². The number of hydrogen-bond acceptors (Lipinski definition) is 3. The number of nitrogens with one attached hydrogen (secondary N) is 1. The number of carbonyl (C=O) groups is 1. The summed E-state index contributed by atoms with van der Waals surface area (Å²) in [6.45, 7) is 0. The second-order valence-electron chi connectivity index (χ2n) is 5.75. The Morgan fingerprint density at radius 3 is 2.44 bits per heavy atom. The largest absolute Gasteiger partial charge is 0.573 e. The van der Waals surface area contributed by atoms with Crippen LogP contribution in [0.4, 0.5) is 18.9 Å². The molecule has 1 heterocycles. The van der Waals surface area contributed by atoms with E-state index in [9.17, 15) is 18.0 Å². The van der Waals surface area contributed by atoms with E-state index in [1.165, 1.54) is 12.1 Å². The van der Waals surface area contributed by atoms with E-state index < -0.39 is 6.36 Å². The van der Waals surface area contributed by atoms with Crippen molar-refractivity contribution in [1.29, 1.82) is 0 Å². The lowest BCUT2D eigenvalue weighted by Crippen LogP contribution is -2.17. The standard InChI is InChI=1S/C19H16F3N3O2/c20-19(21,22)27-17-9-7-15(8-10-17)24-18(26)11-6-14-12-23-25(13-14)16-4-2-1-3-5-16/h1-5,7-10,12-13H,6,11H2,(H,24,26). The number of halogens is 3. The highest BCUT2D eigenvalue weighted by molar-refractivity contribution is 5.90. The summed E-state index contributed by atoms with van der Waals surface area (Å²) < 4.78 is 41.9. The zero-order chi connectivity index (χ0) is 19.3. The summed E-state index contributed by atoms with van der Waals surface area (Å²) in [6.07, 6.45) is -0.473. The summed E-state index contributed by atoms with van der Waals surface area (Å²) in [5.74, 6) is -0.583. The first-order valence-corrected chi connectivity index (χ1v) is 8.14. The third-order valence-corrected chi connectivity index (χ3v) is 3.67. The van der Waals surface area contributed by atoms with Gasteiger partial charge in [0.15, 0.2) is 0 Å². The minimum Gasteiger partial charge on any atom is -0.406 e. The number of para-hydroxylation sites is 1. The van der Waals surface area contributed by atoms with E-state index in [2.05, 4.69) is 15.2 Å². The number of amides is 1. The van der Waals surface area contributed by atoms with Gasteiger partial charge in [-0.2, -0.15) is 5.10 Å². The first-order valence-electron chi connectivity index (χ1n) is 8.14. The van der Waals surface area contributed by atoms with Gasteiger partial charge in [0.05, 0.1) is 11.9 Å². The van der Waals surface area contributed by atoms with E-state index >= 15 is 0 Å². The quantitative estimate of drug-likeness (QED) is 0.697. The van der Waals surface area contributed by atoms with Gasteiger partial charge in [0.25, 0.3) is 0 Å². The monoisotopic (exact) mass is 375 g/mol. The smallest absolute Gasteiger partial charge is 0.406 e. The van der Waals surface area contributed by atoms with Crippen molar-refractivity contribution < 1.29 is 22.7 Å². The van der Waals surface area contributed by atoms with Crippen LogP contribution >= 0.6 is 0 Å². The Morgan fingerprint density at radius 2 is 1.78 bits per heavy atom. The molecule has 0 atom stereocenters. The van der Waals surface area contributed by atoms with Crippen molar-refractivity contribution in [3.05, 3.63) is 72.6 Å². The molecule has 27 heavy (non-hydrogen) atoms. The molecule has 0 saturated heterocycles. The normalized spacial score (nSPS) is 11.2. The van der Waals surface area contributed by atoms with Crippen molar-refractivity contribution in [3.8, 4) is 11.4 Å². The second-order valence-corrected chi connectivity index (χ2v) is 5.75. The zero-order valence-electron chi connectivity index (χ0n) is 14.1. The molecule has 3 rings (SSSR count). The number of aryl methyl sites for hydroxylation is 1. The number of hydrogen-bond donors (Lipinski definition) is 1. The molecule has 0 bridgehead atoms. The molecule has 0 fully saturated rings. The van der Waals surface area contributed by atoms with E-state index in [1.54, 1.807) is 10.9 Å². The van der Waals surface area contributed by atoms with Crippen LogP contribution in [0.15, 0.2) is 67.0 Å². The van der Waals surface area contributed by atoms with Gasteiger partial charge in [-0.1, -0.05) is 18.2 Å². The predicted molar refractivity (Wildman–Crippen MR) is 93.6 cm³/mol. The molecule has 140 valence electrons. The molecule has 0 spiro atoms. The summed E-state index contributed by atoms with van der Waals surface area (Å²) >= 11 is 0. The van der Waals surface area contributed by atoms with E-state index in [4.69, 9.17) is 0 Å². The summed E-state index contributed by atoms with van der Waals surface area (Å²) in [7, 11) is 0. The second kappa shape index (κ2) is 7.94. The van der Waals surface area contributed by atoms with Gasteiger partial charge in [-0.15, -0.1) is 13.2 Å². The molecule has 0 unspecified atom stereocenters. The maximum atomic E-state index is 12.1. The van der Waals surface area contributed by atoms with Crippen molar-refractivity contribution in [2.45, 2.75) is 19.2 Å². The molecule has 2 aromatic carbocycles. The minimum absolute atomic E-state index is 0.223. The SMILES string of the molecule is O=C(CCc1cnn(-c2ccccc2)c1)Nc1ccc(OC(F)(F)F)cc1. The van der Waals surface area contributed by atoms with Gasteiger partial charge in [-0.3, -0.25) is 4.79 Å². The van der Waals surface area contributed by atoms with Crippen LogP contribution in [0, 0.1) is 0 Å². The number of carbonyl (C=O) groups excluding carboxylic acids is 1. The first kappa shape index (κ1) is 18.5. The van der Waals surface area contributed by atoms with Crippen LogP contribution in [0.1, 0.15) is 12.0 Å². The number of benzene rings is 2. The summed E-state index contributed by atoms with van der Waals surface area (Å²) in [5.41, 5.74) is 2.23. The van der Waals surface area contributed by atoms with Gasteiger partial charge in [-0.25, -0.2) is 4.68 Å². The number of nitrogens with zero attached hydrogens (tertiary/aromatic N) is 2. The van der Waals surface area contributed by atoms with Crippen LogP contribution in [0.5, 0.6) is 5.75 Å². The minimum atomic E-state index is -4.74. The fourth-order valence-electron chi connectivity index (χ4n) is 2.43. The third kappa shape index (κ3) is 5.60. The number of alkyl halides is 3. The maximum absolute atomic E-state index is 12.1. The van der Waals surface area contributed by atoms with Crippen LogP contribution in [-0.4, -0.2) is 22.1 Å². The number of aromatic nitrogens is 2. The van der Waals surface area contributed by atoms with Crippen LogP contribution < -0.4 is 10.1 Å². The highest BCUT2D eigenvalue weighted by Gasteiger charge is 2.30. The molecule has 8 heteroatoms. The number of rotatable bonds is 6. The Bertz CT molecular complexity index is 891. The number of ether oxygens (including phenoxy) is 1. The zero-order valence-corrected chi connectivity index (χ0v) is 14.1. The lowest BCUT2D eigenvalue weighted by molar-refractivity contribution is -0.274. The Hall–Kier alpha value is -3.29. The lowest BCUT2D eigenvalue weighted by atomic mass is 10.2. The van der Waals surface area contributed by atoms with E-state index in [-0.39, 0.29) is 18.1 Å². The highest BCUT2D eigenvalue weighted by Crippen LogP contribution is 2.24. The molecule has 1 aromatic heterocycles. The summed E-state index contributed by atoms with van der Waals surface area (Å²) in [6, 6.07) is 14.6. The van der Waals surface area contributed by atoms with E-state index in [0.717, 1.165) is 23.4 Å². The lowest BCUT2D eigenvalue weighted by Gasteiger charge is -2.09. The maximum Gasteiger partial charge on any atom is 0.573 e. The summed E-state index contributed by atoms with van der Waals surface area (Å²) in [5, 5.41) is 6.90. The van der Waals surface area contributed by atoms with Crippen LogP contribution in [0.25, 0.3) is 5.69 Å². The fourth-order valence-corrected chi connectivity index (χ4v) is 2.43. The van der Waals surface area contributed by atoms with Crippen LogP contribution in [0.2, 0.25) is 0 Å². The van der Waals surface area contributed by atoms with Crippen molar-refractivity contribution >= 4 is 11.6 Å². The average Bonchev–Trinajstić information content (AvgIpc) is 3.10. The van der Waals surface area contributed by atoms with Gasteiger partial charge in [0.1, 0.15) is 5.75 Å². The molecule has 0 aliphatic rings. The molecule has 1 amide bonds. The van der Waals surface area contributed by atoms with Crippen molar-refractivity contribution in [3.63, 3.8) is 0 Å². The Kier molecular flexibility index (Phi) is 5.44. The first-order chi connectivity index (χ1) is 12.9. The van der Waals surface area contributed by atoms with E-state index in [1.807, 2.05) is 36.5 Å². The van der Waals surface area contributed by atoms with Gasteiger partial charge in [0.2, 0.25) is 5.91 Å². The Morgan fingerprint density at radius 1 is 1.07 bits per heavy atom. The van der Waals surface area contributed by atoms with Crippen molar-refractivity contribution in [2.75, 3.05) is 5.32 Å². The molecule has 0 radical (unpaired) electrons. The fraction of sp³-hybridized carbons (Fsp3) is 0.158. The number of anilines is 1. The third-order valence-electron chi connectivity index (χ3n) is 3.67. The summed E-state index contributed by atoms with van der Waals surface area (Å²) in [4.78, 5) is 12.0. The van der Waals surface area contributed by atoms with Gasteiger partial charge < -0.3 is 10.1 Å². The highest BCUT2D eigenvalue weighted by atomic mass is 19.4. The van der Waals surface area contributed by atoms with Gasteiger partial charge >= 0.3 is 6.36 Å². The van der Waals surface area contributed by atoms with Gasteiger partial charge in [-0.05, 0) is 48.4 Å². The van der Waals surface area contributed by atoms with E-state index in [0.29, 0.717) is 12.1 Å². The van der Waals surface area contributed by atoms with Crippen LogP contribution in [-0.2, 0) is 11.2 Å². The topological polar surface area (TPSA) is 56.2 Å². The van der Waals surface area contributed by atoms with Gasteiger partial charge in [0, 0.05) is 18.3 Å². The molecule has 1 N–H and O–H groups in total. The van der Waals surface area contributed by atoms with Crippen molar-refractivity contribution in [2.24, 2.45) is 0 Å². The predicted octanol–water partition coefficient (Wildman–Crippen LogP) is 4.34. The molecule has 0 aliphatic carbocycles. The molecule has 3 aromatic rings. The average molecular weight is 375 g/mol. The molecule has 0 saturated carbocycles.